The van der Waals surface area contributed by atoms with Crippen molar-refractivity contribution >= 4 is 41.1 Å². The van der Waals surface area contributed by atoms with Gasteiger partial charge in [0.2, 0.25) is 0 Å². The van der Waals surface area contributed by atoms with Crippen molar-refractivity contribution in [2.24, 2.45) is 0 Å². The molecule has 0 unspecified atom stereocenters. The second-order valence-corrected chi connectivity index (χ2v) is 7.03. The lowest BCUT2D eigenvalue weighted by Crippen LogP contribution is -2.13. The maximum absolute atomic E-state index is 12.4. The molecule has 0 saturated heterocycles. The highest BCUT2D eigenvalue weighted by Crippen LogP contribution is 2.41. The fraction of sp³-hybridized carbons (Fsp3) is 0.111. The summed E-state index contributed by atoms with van der Waals surface area (Å²) >= 11 is 2.97. The van der Waals surface area contributed by atoms with Crippen molar-refractivity contribution < 1.29 is 14.7 Å². The topological polar surface area (TPSA) is 66.4 Å². The van der Waals surface area contributed by atoms with Crippen LogP contribution in [0, 0.1) is 0 Å². The lowest BCUT2D eigenvalue weighted by Gasteiger charge is -2.17. The Labute approximate surface area is 148 Å². The number of carboxylic acids is 1. The van der Waals surface area contributed by atoms with E-state index >= 15 is 0 Å². The van der Waals surface area contributed by atoms with Crippen LogP contribution >= 0.6 is 23.5 Å². The molecule has 0 radical (unpaired) electrons. The van der Waals surface area contributed by atoms with Crippen molar-refractivity contribution in [2.75, 3.05) is 5.32 Å². The third-order valence-corrected chi connectivity index (χ3v) is 5.68. The van der Waals surface area contributed by atoms with Crippen molar-refractivity contribution in [2.45, 2.75) is 12.8 Å². The van der Waals surface area contributed by atoms with E-state index in [-0.39, 0.29) is 11.5 Å². The number of anilines is 1. The number of hydrogen-bond acceptors (Lipinski definition) is 4. The summed E-state index contributed by atoms with van der Waals surface area (Å²) in [7, 11) is 0. The molecule has 0 bridgehead atoms. The number of carbonyl (C=O) groups is 2. The fourth-order valence-electron chi connectivity index (χ4n) is 2.26. The minimum atomic E-state index is -0.987. The average Bonchev–Trinajstić information content (AvgIpc) is 2.63. The maximum Gasteiger partial charge on any atom is 0.335 e. The molecule has 0 atom stereocenters. The molecule has 4 nitrogen and oxygen atoms in total. The van der Waals surface area contributed by atoms with E-state index in [0.717, 1.165) is 17.7 Å². The van der Waals surface area contributed by atoms with Gasteiger partial charge >= 0.3 is 5.97 Å². The van der Waals surface area contributed by atoms with Crippen molar-refractivity contribution in [3.05, 3.63) is 74.3 Å². The van der Waals surface area contributed by atoms with Crippen LogP contribution in [0.3, 0.4) is 0 Å². The van der Waals surface area contributed by atoms with Crippen molar-refractivity contribution in [3.63, 3.8) is 0 Å². The molecule has 2 N–H and O–H groups in total. The van der Waals surface area contributed by atoms with Crippen LogP contribution in [0.25, 0.3) is 0 Å². The normalized spacial score (nSPS) is 16.8. The number of amides is 1. The van der Waals surface area contributed by atoms with Gasteiger partial charge in [-0.15, -0.1) is 11.8 Å². The molecule has 1 aromatic rings. The minimum Gasteiger partial charge on any atom is -0.478 e. The number of aromatic carboxylic acids is 1. The van der Waals surface area contributed by atoms with Gasteiger partial charge in [0.05, 0.1) is 10.5 Å². The van der Waals surface area contributed by atoms with E-state index in [2.05, 4.69) is 22.9 Å². The molecule has 1 aliphatic heterocycles. The monoisotopic (exact) mass is 357 g/mol. The third kappa shape index (κ3) is 4.01. The van der Waals surface area contributed by atoms with Crippen LogP contribution in [0.5, 0.6) is 0 Å². The van der Waals surface area contributed by atoms with E-state index < -0.39 is 5.97 Å². The second kappa shape index (κ2) is 7.59. The Morgan fingerprint density at radius 3 is 2.58 bits per heavy atom. The van der Waals surface area contributed by atoms with Gasteiger partial charge in [0, 0.05) is 10.6 Å². The highest BCUT2D eigenvalue weighted by molar-refractivity contribution is 8.13. The van der Waals surface area contributed by atoms with E-state index in [1.54, 1.807) is 12.1 Å². The number of carbonyl (C=O) groups excluding carboxylic acids is 1. The summed E-state index contributed by atoms with van der Waals surface area (Å²) < 4.78 is 0. The summed E-state index contributed by atoms with van der Waals surface area (Å²) in [5, 5.41) is 15.6. The first-order chi connectivity index (χ1) is 11.6. The van der Waals surface area contributed by atoms with Gasteiger partial charge in [-0.1, -0.05) is 30.0 Å². The molecule has 0 saturated carbocycles. The molecular weight excluding hydrogens is 342 g/mol. The van der Waals surface area contributed by atoms with Gasteiger partial charge in [0.25, 0.3) is 5.91 Å². The first-order valence-corrected chi connectivity index (χ1v) is 9.14. The summed E-state index contributed by atoms with van der Waals surface area (Å²) in [5.74, 6) is -1.17. The first kappa shape index (κ1) is 16.7. The lowest BCUT2D eigenvalue weighted by molar-refractivity contribution is -0.112. The Bertz CT molecular complexity index is 789. The predicted molar refractivity (Wildman–Crippen MR) is 99.8 cm³/mol. The zero-order valence-electron chi connectivity index (χ0n) is 12.7. The fourth-order valence-corrected chi connectivity index (χ4v) is 4.24. The number of carboxylic acid groups (broad SMARTS) is 1. The van der Waals surface area contributed by atoms with E-state index in [0.29, 0.717) is 10.6 Å². The number of thioether (sulfide) groups is 2. The van der Waals surface area contributed by atoms with Gasteiger partial charge in [-0.3, -0.25) is 4.79 Å². The summed E-state index contributed by atoms with van der Waals surface area (Å²) in [5.41, 5.74) is 2.02. The Morgan fingerprint density at radius 1 is 1.12 bits per heavy atom. The molecule has 0 fully saturated rings. The number of benzene rings is 1. The Kier molecular flexibility index (Phi) is 5.27. The van der Waals surface area contributed by atoms with E-state index in [1.165, 1.54) is 41.2 Å². The van der Waals surface area contributed by atoms with Gasteiger partial charge in [-0.05, 0) is 53.5 Å². The minimum absolute atomic E-state index is 0.187. The molecule has 1 heterocycles. The van der Waals surface area contributed by atoms with Crippen LogP contribution in [0.1, 0.15) is 23.2 Å². The van der Waals surface area contributed by atoms with Crippen LogP contribution in [-0.2, 0) is 4.79 Å². The molecule has 2 aliphatic rings. The van der Waals surface area contributed by atoms with Gasteiger partial charge in [-0.25, -0.2) is 4.79 Å². The Morgan fingerprint density at radius 2 is 1.92 bits per heavy atom. The summed E-state index contributed by atoms with van der Waals surface area (Å²) in [6.45, 7) is 0. The smallest absolute Gasteiger partial charge is 0.335 e. The molecule has 3 rings (SSSR count). The summed E-state index contributed by atoms with van der Waals surface area (Å²) in [6, 6.07) is 6.13. The number of rotatable bonds is 4. The van der Waals surface area contributed by atoms with Gasteiger partial charge < -0.3 is 10.4 Å². The third-order valence-electron chi connectivity index (χ3n) is 3.51. The van der Waals surface area contributed by atoms with Crippen molar-refractivity contribution in [1.82, 2.24) is 0 Å². The Balaban J connectivity index is 1.65. The molecule has 1 aromatic carbocycles. The number of nitrogens with one attached hydrogen (secondary N) is 1. The molecule has 6 heteroatoms. The van der Waals surface area contributed by atoms with E-state index in [4.69, 9.17) is 5.11 Å². The van der Waals surface area contributed by atoms with Crippen LogP contribution in [0.15, 0.2) is 68.7 Å². The molecule has 1 aliphatic carbocycles. The zero-order chi connectivity index (χ0) is 16.9. The molecule has 0 aromatic heterocycles. The summed E-state index contributed by atoms with van der Waals surface area (Å²) in [6.07, 6.45) is 8.29. The highest BCUT2D eigenvalue weighted by Gasteiger charge is 2.19. The average molecular weight is 357 g/mol. The van der Waals surface area contributed by atoms with Gasteiger partial charge in [0.15, 0.2) is 0 Å². The van der Waals surface area contributed by atoms with Crippen molar-refractivity contribution in [1.29, 1.82) is 0 Å². The molecule has 24 heavy (non-hydrogen) atoms. The largest absolute Gasteiger partial charge is 0.478 e. The van der Waals surface area contributed by atoms with Crippen LogP contribution in [-0.4, -0.2) is 17.0 Å². The standard InChI is InChI=1S/C18H15NO3S2/c20-17(19-14-8-6-13(7-9-14)18(21)22)16-11-23-10-15(24-16)12-4-2-1-3-5-12/h1-2,4,6-11H,3,5H2,(H,19,20)(H,21,22). The maximum atomic E-state index is 12.4. The molecule has 122 valence electrons. The number of hydrogen-bond donors (Lipinski definition) is 2. The van der Waals surface area contributed by atoms with Gasteiger partial charge in [-0.2, -0.15) is 0 Å². The van der Waals surface area contributed by atoms with Crippen LogP contribution in [0.2, 0.25) is 0 Å². The van der Waals surface area contributed by atoms with Crippen LogP contribution < -0.4 is 5.32 Å². The SMILES string of the molecule is O=C(Nc1ccc(C(=O)O)cc1)C1=CSC=C(C2=CC=CCC2)S1. The molecule has 1 amide bonds. The van der Waals surface area contributed by atoms with Crippen LogP contribution in [0.4, 0.5) is 5.69 Å². The number of allylic oxidation sites excluding steroid dienone is 4. The van der Waals surface area contributed by atoms with E-state index in [9.17, 15) is 9.59 Å². The Hall–Kier alpha value is -2.18. The highest BCUT2D eigenvalue weighted by atomic mass is 32.2. The summed E-state index contributed by atoms with van der Waals surface area (Å²) in [4.78, 5) is 25.0. The zero-order valence-corrected chi connectivity index (χ0v) is 14.3. The molecule has 0 spiro atoms. The lowest BCUT2D eigenvalue weighted by atomic mass is 10.1. The first-order valence-electron chi connectivity index (χ1n) is 7.38. The predicted octanol–water partition coefficient (Wildman–Crippen LogP) is 4.76. The van der Waals surface area contributed by atoms with Gasteiger partial charge in [0.1, 0.15) is 0 Å². The second-order valence-electron chi connectivity index (χ2n) is 5.20. The van der Waals surface area contributed by atoms with Crippen molar-refractivity contribution in [3.8, 4) is 0 Å². The molecular formula is C18H15NO3S2. The van der Waals surface area contributed by atoms with E-state index in [1.807, 2.05) is 11.5 Å². The quantitative estimate of drug-likeness (QED) is 0.813.